The zero-order valence-electron chi connectivity index (χ0n) is 12.2. The van der Waals surface area contributed by atoms with E-state index in [-0.39, 0.29) is 0 Å². The van der Waals surface area contributed by atoms with Crippen LogP contribution in [0.4, 0.5) is 0 Å². The van der Waals surface area contributed by atoms with Gasteiger partial charge < -0.3 is 10.2 Å². The fraction of sp³-hybridized carbons (Fsp3) is 1.00. The molecule has 0 aliphatic heterocycles. The zero-order chi connectivity index (χ0) is 13.6. The maximum atomic E-state index is 9.46. The molecule has 0 aromatic carbocycles. The summed E-state index contributed by atoms with van der Waals surface area (Å²) in [4.78, 5) is 0. The Balaban J connectivity index is 2.07. The lowest BCUT2D eigenvalue weighted by molar-refractivity contribution is 0.233. The highest BCUT2D eigenvalue weighted by Gasteiger charge is 2.42. The average molecular weight is 286 g/mol. The molecular formula is C16H30O2S. The van der Waals surface area contributed by atoms with Gasteiger partial charge in [-0.15, -0.1) is 11.8 Å². The quantitative estimate of drug-likeness (QED) is 0.778. The van der Waals surface area contributed by atoms with Crippen LogP contribution in [0.25, 0.3) is 0 Å². The third-order valence-corrected chi connectivity index (χ3v) is 7.19. The molecule has 0 bridgehead atoms. The van der Waals surface area contributed by atoms with Gasteiger partial charge in [-0.25, -0.2) is 0 Å². The summed E-state index contributed by atoms with van der Waals surface area (Å²) in [5, 5.41) is 18.9. The lowest BCUT2D eigenvalue weighted by Gasteiger charge is -2.47. The SMILES string of the molecule is OCCC1(SC2(CCO)CCCCC2)CCCCC1. The highest BCUT2D eigenvalue weighted by molar-refractivity contribution is 8.02. The second-order valence-electron chi connectivity index (χ2n) is 6.54. The van der Waals surface area contributed by atoms with Gasteiger partial charge in [0.1, 0.15) is 0 Å². The summed E-state index contributed by atoms with van der Waals surface area (Å²) in [6, 6.07) is 0. The Kier molecular flexibility index (Phi) is 6.04. The third kappa shape index (κ3) is 4.12. The van der Waals surface area contributed by atoms with Crippen LogP contribution in [0.1, 0.15) is 77.0 Å². The lowest BCUT2D eigenvalue weighted by Crippen LogP contribution is -2.39. The van der Waals surface area contributed by atoms with Crippen LogP contribution < -0.4 is 0 Å². The first-order valence-electron chi connectivity index (χ1n) is 8.16. The molecule has 3 heteroatoms. The van der Waals surface area contributed by atoms with Crippen LogP contribution in [0, 0.1) is 0 Å². The van der Waals surface area contributed by atoms with Gasteiger partial charge in [-0.3, -0.25) is 0 Å². The predicted octanol–water partition coefficient (Wildman–Crippen LogP) is 3.89. The van der Waals surface area contributed by atoms with Gasteiger partial charge in [0, 0.05) is 22.7 Å². The minimum atomic E-state index is 0.305. The van der Waals surface area contributed by atoms with Gasteiger partial charge in [0.2, 0.25) is 0 Å². The molecule has 2 saturated carbocycles. The van der Waals surface area contributed by atoms with Gasteiger partial charge in [0.05, 0.1) is 0 Å². The monoisotopic (exact) mass is 286 g/mol. The van der Waals surface area contributed by atoms with E-state index in [4.69, 9.17) is 0 Å². The summed E-state index contributed by atoms with van der Waals surface area (Å²) < 4.78 is 0.610. The Hall–Kier alpha value is 0.270. The first-order chi connectivity index (χ1) is 9.24. The summed E-state index contributed by atoms with van der Waals surface area (Å²) in [5.41, 5.74) is 0. The molecule has 2 aliphatic carbocycles. The molecule has 0 radical (unpaired) electrons. The van der Waals surface area contributed by atoms with Gasteiger partial charge in [-0.05, 0) is 38.5 Å². The standard InChI is InChI=1S/C16H30O2S/c17-13-11-15(7-3-1-4-8-15)19-16(12-14-18)9-5-2-6-10-16/h17-18H,1-14H2. The number of rotatable bonds is 6. The highest BCUT2D eigenvalue weighted by atomic mass is 32.2. The predicted molar refractivity (Wildman–Crippen MR) is 82.6 cm³/mol. The smallest absolute Gasteiger partial charge is 0.0444 e. The van der Waals surface area contributed by atoms with Crippen molar-refractivity contribution < 1.29 is 10.2 Å². The Labute approximate surface area is 122 Å². The van der Waals surface area contributed by atoms with Gasteiger partial charge >= 0.3 is 0 Å². The molecule has 0 unspecified atom stereocenters. The van der Waals surface area contributed by atoms with Crippen LogP contribution in [0.5, 0.6) is 0 Å². The summed E-state index contributed by atoms with van der Waals surface area (Å²) in [6.45, 7) is 0.643. The molecule has 112 valence electrons. The minimum Gasteiger partial charge on any atom is -0.396 e. The van der Waals surface area contributed by atoms with E-state index in [0.29, 0.717) is 22.7 Å². The van der Waals surface area contributed by atoms with Crippen LogP contribution in [0.15, 0.2) is 0 Å². The van der Waals surface area contributed by atoms with Crippen LogP contribution in [-0.2, 0) is 0 Å². The Morgan fingerprint density at radius 2 is 1.00 bits per heavy atom. The van der Waals surface area contributed by atoms with Crippen LogP contribution in [0.2, 0.25) is 0 Å². The van der Waals surface area contributed by atoms with Crippen molar-refractivity contribution in [1.29, 1.82) is 0 Å². The molecular weight excluding hydrogens is 256 g/mol. The highest BCUT2D eigenvalue weighted by Crippen LogP contribution is 2.54. The van der Waals surface area contributed by atoms with E-state index in [1.807, 2.05) is 0 Å². The van der Waals surface area contributed by atoms with Crippen LogP contribution >= 0.6 is 11.8 Å². The van der Waals surface area contributed by atoms with Crippen molar-refractivity contribution in [1.82, 2.24) is 0 Å². The molecule has 0 atom stereocenters. The van der Waals surface area contributed by atoms with E-state index in [9.17, 15) is 10.2 Å². The number of thioether (sulfide) groups is 1. The maximum absolute atomic E-state index is 9.46. The molecule has 0 aromatic rings. The van der Waals surface area contributed by atoms with Gasteiger partial charge in [-0.1, -0.05) is 38.5 Å². The largest absolute Gasteiger partial charge is 0.396 e. The fourth-order valence-electron chi connectivity index (χ4n) is 4.07. The van der Waals surface area contributed by atoms with E-state index < -0.39 is 0 Å². The number of aliphatic hydroxyl groups is 2. The zero-order valence-corrected chi connectivity index (χ0v) is 13.0. The molecule has 2 nitrogen and oxygen atoms in total. The van der Waals surface area contributed by atoms with E-state index in [1.165, 1.54) is 64.2 Å². The van der Waals surface area contributed by atoms with E-state index in [1.54, 1.807) is 0 Å². The molecule has 0 spiro atoms. The first kappa shape index (κ1) is 15.7. The first-order valence-corrected chi connectivity index (χ1v) is 8.98. The normalized spacial score (nSPS) is 26.2. The Morgan fingerprint density at radius 3 is 1.32 bits per heavy atom. The number of hydrogen-bond acceptors (Lipinski definition) is 3. The number of hydrogen-bond donors (Lipinski definition) is 2. The molecule has 2 N–H and O–H groups in total. The van der Waals surface area contributed by atoms with Crippen LogP contribution in [0.3, 0.4) is 0 Å². The van der Waals surface area contributed by atoms with E-state index in [0.717, 1.165) is 12.8 Å². The summed E-state index contributed by atoms with van der Waals surface area (Å²) in [5.74, 6) is 0. The third-order valence-electron chi connectivity index (χ3n) is 5.10. The summed E-state index contributed by atoms with van der Waals surface area (Å²) >= 11 is 2.17. The Morgan fingerprint density at radius 1 is 0.632 bits per heavy atom. The minimum absolute atomic E-state index is 0.305. The molecule has 2 aliphatic rings. The van der Waals surface area contributed by atoms with Crippen molar-refractivity contribution in [3.05, 3.63) is 0 Å². The molecule has 0 amide bonds. The molecule has 0 saturated heterocycles. The van der Waals surface area contributed by atoms with E-state index in [2.05, 4.69) is 11.8 Å². The van der Waals surface area contributed by atoms with E-state index >= 15 is 0 Å². The van der Waals surface area contributed by atoms with Gasteiger partial charge in [0.15, 0.2) is 0 Å². The fourth-order valence-corrected chi connectivity index (χ4v) is 6.36. The molecule has 19 heavy (non-hydrogen) atoms. The average Bonchev–Trinajstić information content (AvgIpc) is 2.41. The van der Waals surface area contributed by atoms with Gasteiger partial charge in [-0.2, -0.15) is 0 Å². The molecule has 2 rings (SSSR count). The summed E-state index contributed by atoms with van der Waals surface area (Å²) in [6.07, 6.45) is 15.0. The topological polar surface area (TPSA) is 40.5 Å². The maximum Gasteiger partial charge on any atom is 0.0444 e. The number of aliphatic hydroxyl groups excluding tert-OH is 2. The van der Waals surface area contributed by atoms with Crippen molar-refractivity contribution in [2.24, 2.45) is 0 Å². The summed E-state index contributed by atoms with van der Waals surface area (Å²) in [7, 11) is 0. The molecule has 0 heterocycles. The van der Waals surface area contributed by atoms with Crippen molar-refractivity contribution in [3.8, 4) is 0 Å². The molecule has 2 fully saturated rings. The molecule has 0 aromatic heterocycles. The van der Waals surface area contributed by atoms with Gasteiger partial charge in [0.25, 0.3) is 0 Å². The second kappa shape index (κ2) is 7.33. The van der Waals surface area contributed by atoms with Crippen LogP contribution in [-0.4, -0.2) is 32.9 Å². The van der Waals surface area contributed by atoms with Crippen molar-refractivity contribution in [2.45, 2.75) is 86.5 Å². The second-order valence-corrected chi connectivity index (χ2v) is 8.47. The van der Waals surface area contributed by atoms with Crippen molar-refractivity contribution >= 4 is 11.8 Å². The lowest BCUT2D eigenvalue weighted by atomic mass is 9.85. The van der Waals surface area contributed by atoms with Crippen molar-refractivity contribution in [3.63, 3.8) is 0 Å². The van der Waals surface area contributed by atoms with Crippen molar-refractivity contribution in [2.75, 3.05) is 13.2 Å². The Bertz CT molecular complexity index is 218.